The molecule has 0 saturated carbocycles. The maximum absolute atomic E-state index is 5.96. The first-order chi connectivity index (χ1) is 7.42. The number of rotatable bonds is 5. The van der Waals surface area contributed by atoms with Crippen molar-refractivity contribution >= 4 is 11.6 Å². The minimum absolute atomic E-state index is 0.181. The average molecular weight is 241 g/mol. The van der Waals surface area contributed by atoms with Gasteiger partial charge >= 0.3 is 0 Å². The van der Waals surface area contributed by atoms with Gasteiger partial charge in [-0.15, -0.1) is 0 Å². The molecule has 1 atom stereocenters. The maximum atomic E-state index is 5.96. The van der Waals surface area contributed by atoms with Crippen LogP contribution in [-0.4, -0.2) is 12.1 Å². The van der Waals surface area contributed by atoms with E-state index in [-0.39, 0.29) is 5.54 Å². The molecule has 0 radical (unpaired) electrons. The zero-order chi connectivity index (χ0) is 12.2. The van der Waals surface area contributed by atoms with Gasteiger partial charge in [0, 0.05) is 23.1 Å². The molecule has 3 heteroatoms. The summed E-state index contributed by atoms with van der Waals surface area (Å²) in [6.07, 6.45) is 1.04. The molecule has 0 amide bonds. The molecule has 1 rings (SSSR count). The first kappa shape index (κ1) is 13.5. The van der Waals surface area contributed by atoms with E-state index in [1.807, 2.05) is 26.0 Å². The van der Waals surface area contributed by atoms with E-state index >= 15 is 0 Å². The summed E-state index contributed by atoms with van der Waals surface area (Å²) in [5.74, 6) is 0. The van der Waals surface area contributed by atoms with Gasteiger partial charge in [0.1, 0.15) is 0 Å². The maximum Gasteiger partial charge on any atom is 0.0406 e. The summed E-state index contributed by atoms with van der Waals surface area (Å²) < 4.78 is 0. The molecule has 0 aromatic heterocycles. The second-order valence-corrected chi connectivity index (χ2v) is 5.32. The van der Waals surface area contributed by atoms with Crippen LogP contribution in [0.15, 0.2) is 24.3 Å². The van der Waals surface area contributed by atoms with E-state index in [1.54, 1.807) is 0 Å². The second kappa shape index (κ2) is 5.67. The highest BCUT2D eigenvalue weighted by Crippen LogP contribution is 2.19. The topological polar surface area (TPSA) is 38.0 Å². The minimum atomic E-state index is -0.181. The monoisotopic (exact) mass is 240 g/mol. The van der Waals surface area contributed by atoms with Gasteiger partial charge < -0.3 is 11.1 Å². The lowest BCUT2D eigenvalue weighted by atomic mass is 10.0. The highest BCUT2D eigenvalue weighted by molar-refractivity contribution is 6.30. The molecule has 0 bridgehead atoms. The number of hydrogen-bond donors (Lipinski definition) is 2. The SMILES string of the molecule is CCC(NCC(C)(C)N)c1ccc(Cl)cc1. The number of nitrogens with two attached hydrogens (primary N) is 1. The molecule has 0 aliphatic rings. The van der Waals surface area contributed by atoms with Crippen LogP contribution >= 0.6 is 11.6 Å². The lowest BCUT2D eigenvalue weighted by Gasteiger charge is -2.24. The third kappa shape index (κ3) is 4.52. The van der Waals surface area contributed by atoms with Gasteiger partial charge in [-0.3, -0.25) is 0 Å². The van der Waals surface area contributed by atoms with Crippen LogP contribution < -0.4 is 11.1 Å². The third-order valence-corrected chi connectivity index (χ3v) is 2.74. The Labute approximate surface area is 103 Å². The molecule has 3 N–H and O–H groups in total. The Morgan fingerprint density at radius 2 is 1.88 bits per heavy atom. The minimum Gasteiger partial charge on any atom is -0.324 e. The van der Waals surface area contributed by atoms with Gasteiger partial charge in [-0.2, -0.15) is 0 Å². The Kier molecular flexibility index (Phi) is 4.78. The molecular weight excluding hydrogens is 220 g/mol. The van der Waals surface area contributed by atoms with Crippen LogP contribution in [0.25, 0.3) is 0 Å². The fourth-order valence-electron chi connectivity index (χ4n) is 1.58. The second-order valence-electron chi connectivity index (χ2n) is 4.88. The van der Waals surface area contributed by atoms with Gasteiger partial charge in [-0.05, 0) is 38.0 Å². The Morgan fingerprint density at radius 3 is 2.31 bits per heavy atom. The van der Waals surface area contributed by atoms with E-state index in [2.05, 4.69) is 24.4 Å². The van der Waals surface area contributed by atoms with Crippen molar-refractivity contribution in [3.8, 4) is 0 Å². The normalized spacial score (nSPS) is 13.8. The summed E-state index contributed by atoms with van der Waals surface area (Å²) in [6.45, 7) is 7.01. The van der Waals surface area contributed by atoms with E-state index in [1.165, 1.54) is 5.56 Å². The number of nitrogens with one attached hydrogen (secondary N) is 1. The zero-order valence-electron chi connectivity index (χ0n) is 10.3. The van der Waals surface area contributed by atoms with Crippen LogP contribution in [-0.2, 0) is 0 Å². The van der Waals surface area contributed by atoms with E-state index in [9.17, 15) is 0 Å². The van der Waals surface area contributed by atoms with Gasteiger partial charge in [0.2, 0.25) is 0 Å². The van der Waals surface area contributed by atoms with E-state index in [0.717, 1.165) is 18.0 Å². The van der Waals surface area contributed by atoms with Crippen molar-refractivity contribution in [3.05, 3.63) is 34.9 Å². The Morgan fingerprint density at radius 1 is 1.31 bits per heavy atom. The summed E-state index contributed by atoms with van der Waals surface area (Å²) in [7, 11) is 0. The predicted octanol–water partition coefficient (Wildman–Crippen LogP) is 3.12. The molecule has 1 aromatic carbocycles. The molecule has 1 aromatic rings. The largest absolute Gasteiger partial charge is 0.324 e. The average Bonchev–Trinajstić information content (AvgIpc) is 2.20. The molecule has 90 valence electrons. The summed E-state index contributed by atoms with van der Waals surface area (Å²) in [5.41, 5.74) is 7.04. The molecule has 0 aliphatic carbocycles. The van der Waals surface area contributed by atoms with Crippen LogP contribution in [0.2, 0.25) is 5.02 Å². The Bertz CT molecular complexity index is 314. The van der Waals surface area contributed by atoms with Gasteiger partial charge in [0.25, 0.3) is 0 Å². The molecule has 0 aliphatic heterocycles. The van der Waals surface area contributed by atoms with Crippen LogP contribution in [0.1, 0.15) is 38.8 Å². The van der Waals surface area contributed by atoms with Crippen molar-refractivity contribution in [2.75, 3.05) is 6.54 Å². The smallest absolute Gasteiger partial charge is 0.0406 e. The van der Waals surface area contributed by atoms with Crippen molar-refractivity contribution in [2.24, 2.45) is 5.73 Å². The lowest BCUT2D eigenvalue weighted by molar-refractivity contribution is 0.416. The van der Waals surface area contributed by atoms with Crippen LogP contribution in [0, 0.1) is 0 Å². The molecule has 2 nitrogen and oxygen atoms in total. The Balaban J connectivity index is 2.64. The van der Waals surface area contributed by atoms with Crippen molar-refractivity contribution in [1.82, 2.24) is 5.32 Å². The summed E-state index contributed by atoms with van der Waals surface area (Å²) in [6, 6.07) is 8.32. The van der Waals surface area contributed by atoms with Crippen molar-refractivity contribution in [2.45, 2.75) is 38.8 Å². The zero-order valence-corrected chi connectivity index (χ0v) is 11.0. The fourth-order valence-corrected chi connectivity index (χ4v) is 1.71. The molecule has 16 heavy (non-hydrogen) atoms. The number of benzene rings is 1. The van der Waals surface area contributed by atoms with Crippen molar-refractivity contribution in [3.63, 3.8) is 0 Å². The highest BCUT2D eigenvalue weighted by Gasteiger charge is 2.14. The fraction of sp³-hybridized carbons (Fsp3) is 0.538. The van der Waals surface area contributed by atoms with Gasteiger partial charge in [-0.25, -0.2) is 0 Å². The molecule has 0 fully saturated rings. The van der Waals surface area contributed by atoms with Gasteiger partial charge in [0.05, 0.1) is 0 Å². The van der Waals surface area contributed by atoms with Gasteiger partial charge in [0.15, 0.2) is 0 Å². The Hall–Kier alpha value is -0.570. The lowest BCUT2D eigenvalue weighted by Crippen LogP contribution is -2.44. The van der Waals surface area contributed by atoms with E-state index in [4.69, 9.17) is 17.3 Å². The first-order valence-corrected chi connectivity index (χ1v) is 6.08. The summed E-state index contributed by atoms with van der Waals surface area (Å²) in [5, 5.41) is 4.25. The van der Waals surface area contributed by atoms with Crippen molar-refractivity contribution in [1.29, 1.82) is 0 Å². The molecular formula is C13H21ClN2. The van der Waals surface area contributed by atoms with Crippen LogP contribution in [0.5, 0.6) is 0 Å². The molecule has 1 unspecified atom stereocenters. The standard InChI is InChI=1S/C13H21ClN2/c1-4-12(16-9-13(2,3)15)10-5-7-11(14)8-6-10/h5-8,12,16H,4,9,15H2,1-3H3. The third-order valence-electron chi connectivity index (χ3n) is 2.48. The first-order valence-electron chi connectivity index (χ1n) is 5.70. The summed E-state index contributed by atoms with van der Waals surface area (Å²) >= 11 is 5.87. The number of hydrogen-bond acceptors (Lipinski definition) is 2. The van der Waals surface area contributed by atoms with E-state index in [0.29, 0.717) is 6.04 Å². The number of halogens is 1. The molecule has 0 heterocycles. The highest BCUT2D eigenvalue weighted by atomic mass is 35.5. The van der Waals surface area contributed by atoms with Crippen LogP contribution in [0.4, 0.5) is 0 Å². The van der Waals surface area contributed by atoms with Crippen LogP contribution in [0.3, 0.4) is 0 Å². The van der Waals surface area contributed by atoms with Gasteiger partial charge in [-0.1, -0.05) is 30.7 Å². The quantitative estimate of drug-likeness (QED) is 0.830. The molecule has 0 saturated heterocycles. The van der Waals surface area contributed by atoms with Crippen molar-refractivity contribution < 1.29 is 0 Å². The predicted molar refractivity (Wildman–Crippen MR) is 70.8 cm³/mol. The molecule has 0 spiro atoms. The summed E-state index contributed by atoms with van der Waals surface area (Å²) in [4.78, 5) is 0. The van der Waals surface area contributed by atoms with E-state index < -0.39 is 0 Å².